The maximum atomic E-state index is 13.8. The zero-order valence-corrected chi connectivity index (χ0v) is 20.2. The van der Waals surface area contributed by atoms with Crippen LogP contribution in [0.5, 0.6) is 17.2 Å². The van der Waals surface area contributed by atoms with Gasteiger partial charge in [0.1, 0.15) is 11.8 Å². The molecular formula is C27H30N2O6. The average Bonchev–Trinajstić information content (AvgIpc) is 3.61. The van der Waals surface area contributed by atoms with Gasteiger partial charge in [-0.15, -0.1) is 0 Å². The molecule has 1 unspecified atom stereocenters. The quantitative estimate of drug-likeness (QED) is 0.477. The van der Waals surface area contributed by atoms with Crippen molar-refractivity contribution in [3.63, 3.8) is 0 Å². The van der Waals surface area contributed by atoms with Crippen LogP contribution in [0.25, 0.3) is 0 Å². The minimum atomic E-state index is -0.961. The van der Waals surface area contributed by atoms with E-state index in [4.69, 9.17) is 18.6 Å². The van der Waals surface area contributed by atoms with Crippen LogP contribution in [-0.4, -0.2) is 39.2 Å². The van der Waals surface area contributed by atoms with E-state index >= 15 is 0 Å². The number of anilines is 1. The summed E-state index contributed by atoms with van der Waals surface area (Å²) in [5.74, 6) is 0.997. The molecule has 35 heavy (non-hydrogen) atoms. The molecular weight excluding hydrogens is 448 g/mol. The van der Waals surface area contributed by atoms with Crippen LogP contribution in [-0.2, 0) is 4.79 Å². The summed E-state index contributed by atoms with van der Waals surface area (Å²) >= 11 is 0. The van der Waals surface area contributed by atoms with Crippen molar-refractivity contribution in [2.75, 3.05) is 26.2 Å². The number of rotatable bonds is 9. The van der Waals surface area contributed by atoms with E-state index in [1.165, 1.54) is 18.3 Å². The van der Waals surface area contributed by atoms with Crippen molar-refractivity contribution < 1.29 is 28.2 Å². The topological polar surface area (TPSA) is 90.2 Å². The lowest BCUT2D eigenvalue weighted by Gasteiger charge is -2.32. The van der Waals surface area contributed by atoms with E-state index in [0.717, 1.165) is 25.7 Å². The van der Waals surface area contributed by atoms with Crippen molar-refractivity contribution in [2.24, 2.45) is 0 Å². The normalized spacial score (nSPS) is 14.3. The number of nitrogens with one attached hydrogen (secondary N) is 1. The first-order valence-electron chi connectivity index (χ1n) is 11.6. The fourth-order valence-electron chi connectivity index (χ4n) is 4.43. The molecule has 0 saturated heterocycles. The van der Waals surface area contributed by atoms with Crippen LogP contribution in [0.1, 0.15) is 47.8 Å². The molecule has 1 fully saturated rings. The van der Waals surface area contributed by atoms with Gasteiger partial charge in [0.15, 0.2) is 17.3 Å². The number of amides is 2. The number of carbonyl (C=O) groups excluding carboxylic acids is 2. The Balaban J connectivity index is 1.83. The molecule has 1 aliphatic rings. The van der Waals surface area contributed by atoms with Crippen LogP contribution in [0.15, 0.2) is 65.3 Å². The van der Waals surface area contributed by atoms with Gasteiger partial charge in [-0.05, 0) is 54.8 Å². The van der Waals surface area contributed by atoms with E-state index < -0.39 is 11.9 Å². The molecule has 0 bridgehead atoms. The minimum Gasteiger partial charge on any atom is -0.497 e. The Labute approximate surface area is 204 Å². The van der Waals surface area contributed by atoms with Crippen LogP contribution in [0.4, 0.5) is 5.69 Å². The van der Waals surface area contributed by atoms with Crippen molar-refractivity contribution in [3.8, 4) is 17.2 Å². The lowest BCUT2D eigenvalue weighted by Crippen LogP contribution is -2.46. The Hall–Kier alpha value is -3.94. The summed E-state index contributed by atoms with van der Waals surface area (Å²) in [4.78, 5) is 29.0. The summed E-state index contributed by atoms with van der Waals surface area (Å²) in [5.41, 5.74) is 1.10. The Morgan fingerprint density at radius 2 is 1.66 bits per heavy atom. The Bertz CT molecular complexity index is 1140. The maximum Gasteiger partial charge on any atom is 0.294 e. The molecule has 1 atom stereocenters. The molecule has 4 rings (SSSR count). The summed E-state index contributed by atoms with van der Waals surface area (Å²) in [6, 6.07) is 14.6. The lowest BCUT2D eigenvalue weighted by molar-refractivity contribution is -0.123. The monoisotopic (exact) mass is 478 g/mol. The van der Waals surface area contributed by atoms with E-state index in [9.17, 15) is 9.59 Å². The molecule has 1 aromatic heterocycles. The van der Waals surface area contributed by atoms with Crippen LogP contribution < -0.4 is 24.4 Å². The second-order valence-corrected chi connectivity index (χ2v) is 8.36. The van der Waals surface area contributed by atoms with E-state index in [1.54, 1.807) is 68.8 Å². The van der Waals surface area contributed by atoms with E-state index in [0.29, 0.717) is 28.5 Å². The lowest BCUT2D eigenvalue weighted by atomic mass is 10.0. The maximum absolute atomic E-state index is 13.8. The van der Waals surface area contributed by atoms with Crippen molar-refractivity contribution in [3.05, 3.63) is 72.2 Å². The SMILES string of the molecule is COc1ccc(C(C(=O)NC2CCCC2)N(C(=O)c2ccco2)c2ccc(OC)c(OC)c2)cc1. The van der Waals surface area contributed by atoms with Gasteiger partial charge in [-0.25, -0.2) is 0 Å². The molecule has 8 heteroatoms. The molecule has 0 radical (unpaired) electrons. The predicted molar refractivity (Wildman–Crippen MR) is 131 cm³/mol. The highest BCUT2D eigenvalue weighted by molar-refractivity contribution is 6.08. The molecule has 2 amide bonds. The van der Waals surface area contributed by atoms with E-state index in [1.807, 2.05) is 0 Å². The van der Waals surface area contributed by atoms with Gasteiger partial charge < -0.3 is 23.9 Å². The molecule has 1 heterocycles. The summed E-state index contributed by atoms with van der Waals surface area (Å²) in [7, 11) is 4.64. The average molecular weight is 479 g/mol. The molecule has 8 nitrogen and oxygen atoms in total. The number of carbonyl (C=O) groups is 2. The number of nitrogens with zero attached hydrogens (tertiary/aromatic N) is 1. The van der Waals surface area contributed by atoms with E-state index in [2.05, 4.69) is 5.32 Å². The Morgan fingerprint density at radius 3 is 2.26 bits per heavy atom. The Morgan fingerprint density at radius 1 is 0.943 bits per heavy atom. The van der Waals surface area contributed by atoms with Crippen LogP contribution in [0, 0.1) is 0 Å². The first-order valence-corrected chi connectivity index (χ1v) is 11.6. The molecule has 184 valence electrons. The second-order valence-electron chi connectivity index (χ2n) is 8.36. The third-order valence-electron chi connectivity index (χ3n) is 6.24. The number of benzene rings is 2. The molecule has 1 N–H and O–H groups in total. The summed E-state index contributed by atoms with van der Waals surface area (Å²) < 4.78 is 21.6. The van der Waals surface area contributed by atoms with Gasteiger partial charge in [0.2, 0.25) is 5.91 Å². The van der Waals surface area contributed by atoms with Gasteiger partial charge >= 0.3 is 0 Å². The number of hydrogen-bond donors (Lipinski definition) is 1. The zero-order chi connectivity index (χ0) is 24.8. The summed E-state index contributed by atoms with van der Waals surface area (Å²) in [5, 5.41) is 3.16. The highest BCUT2D eigenvalue weighted by Gasteiger charge is 2.36. The highest BCUT2D eigenvalue weighted by Crippen LogP contribution is 2.37. The molecule has 1 saturated carbocycles. The molecule has 0 aliphatic heterocycles. The van der Waals surface area contributed by atoms with Gasteiger partial charge in [-0.2, -0.15) is 0 Å². The standard InChI is InChI=1S/C27H30N2O6/c1-32-21-13-10-18(11-14-21)25(26(30)28-19-7-4-5-8-19)29(27(31)23-9-6-16-35-23)20-12-15-22(33-2)24(17-20)34-3/h6,9-17,19,25H,4-5,7-8H2,1-3H3,(H,28,30). The van der Waals surface area contributed by atoms with Crippen molar-refractivity contribution in [1.29, 1.82) is 0 Å². The smallest absolute Gasteiger partial charge is 0.294 e. The van der Waals surface area contributed by atoms with Gasteiger partial charge in [0, 0.05) is 17.8 Å². The predicted octanol–water partition coefficient (Wildman–Crippen LogP) is 4.75. The first kappa shape index (κ1) is 24.2. The number of ether oxygens (including phenoxy) is 3. The fraction of sp³-hybridized carbons (Fsp3) is 0.333. The molecule has 1 aliphatic carbocycles. The molecule has 3 aromatic rings. The van der Waals surface area contributed by atoms with Gasteiger partial charge in [0.05, 0.1) is 27.6 Å². The minimum absolute atomic E-state index is 0.0780. The van der Waals surface area contributed by atoms with Crippen molar-refractivity contribution >= 4 is 17.5 Å². The largest absolute Gasteiger partial charge is 0.497 e. The van der Waals surface area contributed by atoms with Gasteiger partial charge in [-0.1, -0.05) is 25.0 Å². The van der Waals surface area contributed by atoms with Gasteiger partial charge in [0.25, 0.3) is 5.91 Å². The zero-order valence-electron chi connectivity index (χ0n) is 20.2. The van der Waals surface area contributed by atoms with E-state index in [-0.39, 0.29) is 17.7 Å². The number of hydrogen-bond acceptors (Lipinski definition) is 6. The third kappa shape index (κ3) is 5.26. The van der Waals surface area contributed by atoms with Crippen molar-refractivity contribution in [2.45, 2.75) is 37.8 Å². The summed E-state index contributed by atoms with van der Waals surface area (Å²) in [6.45, 7) is 0. The van der Waals surface area contributed by atoms with Crippen LogP contribution in [0.3, 0.4) is 0 Å². The molecule has 0 spiro atoms. The fourth-order valence-corrected chi connectivity index (χ4v) is 4.43. The van der Waals surface area contributed by atoms with Crippen LogP contribution >= 0.6 is 0 Å². The summed E-state index contributed by atoms with van der Waals surface area (Å²) in [6.07, 6.45) is 5.42. The molecule has 2 aromatic carbocycles. The first-order chi connectivity index (χ1) is 17.0. The van der Waals surface area contributed by atoms with Crippen LogP contribution in [0.2, 0.25) is 0 Å². The third-order valence-corrected chi connectivity index (χ3v) is 6.24. The Kier molecular flexibility index (Phi) is 7.60. The van der Waals surface area contributed by atoms with Gasteiger partial charge in [-0.3, -0.25) is 14.5 Å². The van der Waals surface area contributed by atoms with Crippen molar-refractivity contribution in [1.82, 2.24) is 5.32 Å². The number of methoxy groups -OCH3 is 3. The second kappa shape index (κ2) is 11.0. The highest BCUT2D eigenvalue weighted by atomic mass is 16.5. The number of furan rings is 1.